The lowest BCUT2D eigenvalue weighted by Gasteiger charge is -2.22. The molecule has 0 aliphatic rings. The molecule has 1 unspecified atom stereocenters. The van der Waals surface area contributed by atoms with Crippen LogP contribution in [0, 0.1) is 18.3 Å². The molecule has 5 heteroatoms. The van der Waals surface area contributed by atoms with Crippen LogP contribution < -0.4 is 14.8 Å². The SMILES string of the molecule is COc1ccc(C(Cc2ccccc2C)Nc2cccc(C#N)n2)cc1OC. The number of hydrogen-bond donors (Lipinski definition) is 1. The zero-order chi connectivity index (χ0) is 19.9. The highest BCUT2D eigenvalue weighted by atomic mass is 16.5. The zero-order valence-corrected chi connectivity index (χ0v) is 16.3. The predicted molar refractivity (Wildman–Crippen MR) is 110 cm³/mol. The third-order valence-electron chi connectivity index (χ3n) is 4.68. The van der Waals surface area contributed by atoms with Crippen molar-refractivity contribution >= 4 is 5.82 Å². The molecule has 3 rings (SSSR count). The number of pyridine rings is 1. The van der Waals surface area contributed by atoms with Crippen molar-refractivity contribution < 1.29 is 9.47 Å². The molecule has 1 aromatic heterocycles. The van der Waals surface area contributed by atoms with Crippen molar-refractivity contribution in [3.63, 3.8) is 0 Å². The fourth-order valence-corrected chi connectivity index (χ4v) is 3.14. The Bertz CT molecular complexity index is 995. The van der Waals surface area contributed by atoms with Crippen LogP contribution in [0.2, 0.25) is 0 Å². The minimum Gasteiger partial charge on any atom is -0.493 e. The van der Waals surface area contributed by atoms with E-state index in [1.54, 1.807) is 20.3 Å². The molecule has 0 bridgehead atoms. The largest absolute Gasteiger partial charge is 0.493 e. The number of nitrogens with zero attached hydrogens (tertiary/aromatic N) is 2. The Balaban J connectivity index is 1.98. The number of ether oxygens (including phenoxy) is 2. The first kappa shape index (κ1) is 19.2. The third-order valence-corrected chi connectivity index (χ3v) is 4.68. The Morgan fingerprint density at radius 3 is 2.50 bits per heavy atom. The van der Waals surface area contributed by atoms with Crippen LogP contribution in [0.15, 0.2) is 60.7 Å². The summed E-state index contributed by atoms with van der Waals surface area (Å²) in [5.74, 6) is 2.02. The molecule has 0 radical (unpaired) electrons. The van der Waals surface area contributed by atoms with Crippen LogP contribution >= 0.6 is 0 Å². The van der Waals surface area contributed by atoms with Gasteiger partial charge in [-0.05, 0) is 54.3 Å². The van der Waals surface area contributed by atoms with Crippen LogP contribution in [0.3, 0.4) is 0 Å². The number of anilines is 1. The lowest BCUT2D eigenvalue weighted by molar-refractivity contribution is 0.354. The van der Waals surface area contributed by atoms with Crippen molar-refractivity contribution in [1.82, 2.24) is 4.98 Å². The Morgan fingerprint density at radius 2 is 1.79 bits per heavy atom. The van der Waals surface area contributed by atoms with E-state index in [1.165, 1.54) is 11.1 Å². The van der Waals surface area contributed by atoms with Gasteiger partial charge in [-0.3, -0.25) is 0 Å². The van der Waals surface area contributed by atoms with E-state index in [0.717, 1.165) is 12.0 Å². The number of nitrogens with one attached hydrogen (secondary N) is 1. The van der Waals surface area contributed by atoms with Crippen molar-refractivity contribution in [2.75, 3.05) is 19.5 Å². The Labute approximate surface area is 165 Å². The molecule has 0 spiro atoms. The van der Waals surface area contributed by atoms with Crippen molar-refractivity contribution in [2.45, 2.75) is 19.4 Å². The summed E-state index contributed by atoms with van der Waals surface area (Å²) in [4.78, 5) is 4.37. The number of methoxy groups -OCH3 is 2. The Hall–Kier alpha value is -3.52. The number of rotatable bonds is 7. The maximum atomic E-state index is 9.14. The first-order valence-corrected chi connectivity index (χ1v) is 9.04. The molecule has 0 aliphatic carbocycles. The fourth-order valence-electron chi connectivity index (χ4n) is 3.14. The number of benzene rings is 2. The van der Waals surface area contributed by atoms with Crippen molar-refractivity contribution in [2.24, 2.45) is 0 Å². The normalized spacial score (nSPS) is 11.4. The van der Waals surface area contributed by atoms with Crippen LogP contribution in [0.1, 0.15) is 28.4 Å². The second kappa shape index (κ2) is 8.92. The molecule has 1 N–H and O–H groups in total. The molecular formula is C23H23N3O2. The second-order valence-electron chi connectivity index (χ2n) is 6.46. The molecule has 5 nitrogen and oxygen atoms in total. The summed E-state index contributed by atoms with van der Waals surface area (Å²) in [6, 6.07) is 21.6. The standard InChI is InChI=1S/C23H23N3O2/c1-16-7-4-5-8-17(16)13-20(26-23-10-6-9-19(15-24)25-23)18-11-12-21(27-2)22(14-18)28-3/h4-12,14,20H,13H2,1-3H3,(H,25,26). The fraction of sp³-hybridized carbons (Fsp3) is 0.217. The van der Waals surface area contributed by atoms with Gasteiger partial charge in [0, 0.05) is 0 Å². The predicted octanol–water partition coefficient (Wildman–Crippen LogP) is 4.67. The van der Waals surface area contributed by atoms with Crippen molar-refractivity contribution in [3.8, 4) is 17.6 Å². The minimum atomic E-state index is -0.0534. The maximum Gasteiger partial charge on any atom is 0.161 e. The minimum absolute atomic E-state index is 0.0534. The van der Waals surface area contributed by atoms with Crippen molar-refractivity contribution in [3.05, 3.63) is 83.0 Å². The molecule has 0 fully saturated rings. The summed E-state index contributed by atoms with van der Waals surface area (Å²) in [6.45, 7) is 2.11. The van der Waals surface area contributed by atoms with E-state index in [1.807, 2.05) is 42.5 Å². The summed E-state index contributed by atoms with van der Waals surface area (Å²) in [5.41, 5.74) is 3.90. The van der Waals surface area contributed by atoms with Crippen LogP contribution in [0.5, 0.6) is 11.5 Å². The van der Waals surface area contributed by atoms with E-state index in [0.29, 0.717) is 23.0 Å². The molecule has 28 heavy (non-hydrogen) atoms. The van der Waals surface area contributed by atoms with Gasteiger partial charge in [0.2, 0.25) is 0 Å². The summed E-state index contributed by atoms with van der Waals surface area (Å²) < 4.78 is 10.8. The Kier molecular flexibility index (Phi) is 6.13. The summed E-state index contributed by atoms with van der Waals surface area (Å²) in [5, 5.41) is 12.6. The van der Waals surface area contributed by atoms with Gasteiger partial charge in [0.25, 0.3) is 0 Å². The quantitative estimate of drug-likeness (QED) is 0.652. The molecule has 1 heterocycles. The number of aromatic nitrogens is 1. The molecule has 2 aromatic carbocycles. The van der Waals surface area contributed by atoms with E-state index in [2.05, 4.69) is 35.4 Å². The van der Waals surface area contributed by atoms with Crippen molar-refractivity contribution in [1.29, 1.82) is 5.26 Å². The van der Waals surface area contributed by atoms with E-state index >= 15 is 0 Å². The van der Waals surface area contributed by atoms with Gasteiger partial charge in [0.05, 0.1) is 20.3 Å². The van der Waals surface area contributed by atoms with Crippen LogP contribution in [0.25, 0.3) is 0 Å². The first-order chi connectivity index (χ1) is 13.6. The number of hydrogen-bond acceptors (Lipinski definition) is 5. The monoisotopic (exact) mass is 373 g/mol. The average Bonchev–Trinajstić information content (AvgIpc) is 2.74. The van der Waals surface area contributed by atoms with Gasteiger partial charge < -0.3 is 14.8 Å². The van der Waals surface area contributed by atoms with Gasteiger partial charge in [0.15, 0.2) is 11.5 Å². The summed E-state index contributed by atoms with van der Waals surface area (Å²) >= 11 is 0. The van der Waals surface area contributed by atoms with E-state index < -0.39 is 0 Å². The van der Waals surface area contributed by atoms with E-state index in [9.17, 15) is 0 Å². The summed E-state index contributed by atoms with van der Waals surface area (Å²) in [6.07, 6.45) is 0.765. The molecule has 142 valence electrons. The number of aryl methyl sites for hydroxylation is 1. The molecular weight excluding hydrogens is 350 g/mol. The van der Waals surface area contributed by atoms with Gasteiger partial charge in [-0.1, -0.05) is 36.4 Å². The van der Waals surface area contributed by atoms with Crippen LogP contribution in [-0.4, -0.2) is 19.2 Å². The van der Waals surface area contributed by atoms with E-state index in [-0.39, 0.29) is 6.04 Å². The third kappa shape index (κ3) is 4.41. The highest BCUT2D eigenvalue weighted by Crippen LogP contribution is 2.32. The highest BCUT2D eigenvalue weighted by molar-refractivity contribution is 5.48. The molecule has 0 saturated heterocycles. The van der Waals surface area contributed by atoms with Crippen LogP contribution in [0.4, 0.5) is 5.82 Å². The van der Waals surface area contributed by atoms with Gasteiger partial charge in [-0.25, -0.2) is 4.98 Å². The lowest BCUT2D eigenvalue weighted by Crippen LogP contribution is -2.15. The molecule has 0 amide bonds. The van der Waals surface area contributed by atoms with E-state index in [4.69, 9.17) is 14.7 Å². The smallest absolute Gasteiger partial charge is 0.161 e. The highest BCUT2D eigenvalue weighted by Gasteiger charge is 2.17. The lowest BCUT2D eigenvalue weighted by atomic mass is 9.95. The maximum absolute atomic E-state index is 9.14. The molecule has 0 aliphatic heterocycles. The topological polar surface area (TPSA) is 67.2 Å². The van der Waals surface area contributed by atoms with Crippen LogP contribution in [-0.2, 0) is 6.42 Å². The molecule has 3 aromatic rings. The number of nitriles is 1. The van der Waals surface area contributed by atoms with Gasteiger partial charge in [-0.15, -0.1) is 0 Å². The molecule has 0 saturated carbocycles. The second-order valence-corrected chi connectivity index (χ2v) is 6.46. The summed E-state index contributed by atoms with van der Waals surface area (Å²) in [7, 11) is 3.25. The average molecular weight is 373 g/mol. The molecule has 1 atom stereocenters. The van der Waals surface area contributed by atoms with Gasteiger partial charge in [-0.2, -0.15) is 5.26 Å². The van der Waals surface area contributed by atoms with Gasteiger partial charge in [0.1, 0.15) is 17.6 Å². The Morgan fingerprint density at radius 1 is 1.00 bits per heavy atom. The van der Waals surface area contributed by atoms with Gasteiger partial charge >= 0.3 is 0 Å². The first-order valence-electron chi connectivity index (χ1n) is 9.04. The zero-order valence-electron chi connectivity index (χ0n) is 16.3.